The van der Waals surface area contributed by atoms with Gasteiger partial charge in [0.2, 0.25) is 0 Å². The zero-order valence-corrected chi connectivity index (χ0v) is 13.5. The molecule has 2 rings (SSSR count). The zero-order chi connectivity index (χ0) is 14.4. The van der Waals surface area contributed by atoms with Crippen LogP contribution in [-0.2, 0) is 13.1 Å². The van der Waals surface area contributed by atoms with Crippen LogP contribution >= 0.6 is 15.9 Å². The summed E-state index contributed by atoms with van der Waals surface area (Å²) in [7, 11) is 1.96. The van der Waals surface area contributed by atoms with Crippen molar-refractivity contribution in [3.05, 3.63) is 58.3 Å². The van der Waals surface area contributed by atoms with Crippen LogP contribution < -0.4 is 10.2 Å². The van der Waals surface area contributed by atoms with Crippen molar-refractivity contribution in [3.63, 3.8) is 0 Å². The average molecular weight is 334 g/mol. The maximum Gasteiger partial charge on any atom is 0.0430 e. The van der Waals surface area contributed by atoms with Crippen molar-refractivity contribution < 1.29 is 0 Å². The van der Waals surface area contributed by atoms with Crippen molar-refractivity contribution in [2.24, 2.45) is 0 Å². The van der Waals surface area contributed by atoms with Crippen LogP contribution in [0, 0.1) is 0 Å². The van der Waals surface area contributed by atoms with E-state index >= 15 is 0 Å². The first-order valence-corrected chi connectivity index (χ1v) is 7.60. The molecule has 3 nitrogen and oxygen atoms in total. The predicted octanol–water partition coefficient (Wildman–Crippen LogP) is 3.59. The summed E-state index contributed by atoms with van der Waals surface area (Å²) in [5, 5.41) is 3.18. The standard InChI is InChI=1S/C16H20BrN3/c1-3-20(12-13-6-8-19-9-7-13)15-5-4-14(11-18-2)16(17)10-15/h4-10,18H,3,11-12H2,1-2H3. The van der Waals surface area contributed by atoms with E-state index in [-0.39, 0.29) is 0 Å². The molecule has 0 aliphatic carbocycles. The lowest BCUT2D eigenvalue weighted by atomic mass is 10.1. The summed E-state index contributed by atoms with van der Waals surface area (Å²) >= 11 is 3.65. The second-order valence-corrected chi connectivity index (χ2v) is 5.53. The maximum atomic E-state index is 4.06. The van der Waals surface area contributed by atoms with E-state index in [0.717, 1.165) is 24.1 Å². The van der Waals surface area contributed by atoms with E-state index < -0.39 is 0 Å². The molecule has 1 aromatic carbocycles. The van der Waals surface area contributed by atoms with Gasteiger partial charge in [0.25, 0.3) is 0 Å². The van der Waals surface area contributed by atoms with Crippen LogP contribution in [0.15, 0.2) is 47.2 Å². The van der Waals surface area contributed by atoms with Crippen molar-refractivity contribution in [2.45, 2.75) is 20.0 Å². The number of rotatable bonds is 6. The van der Waals surface area contributed by atoms with E-state index in [1.54, 1.807) is 0 Å². The molecule has 0 saturated carbocycles. The second-order valence-electron chi connectivity index (χ2n) is 4.68. The highest BCUT2D eigenvalue weighted by atomic mass is 79.9. The molecule has 0 saturated heterocycles. The second kappa shape index (κ2) is 7.41. The monoisotopic (exact) mass is 333 g/mol. The van der Waals surface area contributed by atoms with Crippen LogP contribution in [0.25, 0.3) is 0 Å². The van der Waals surface area contributed by atoms with Gasteiger partial charge < -0.3 is 10.2 Å². The zero-order valence-electron chi connectivity index (χ0n) is 11.9. The van der Waals surface area contributed by atoms with Crippen LogP contribution in [0.1, 0.15) is 18.1 Å². The van der Waals surface area contributed by atoms with Gasteiger partial charge in [-0.2, -0.15) is 0 Å². The first-order chi connectivity index (χ1) is 9.74. The molecule has 1 N–H and O–H groups in total. The van der Waals surface area contributed by atoms with Gasteiger partial charge >= 0.3 is 0 Å². The number of pyridine rings is 1. The summed E-state index contributed by atoms with van der Waals surface area (Å²) in [6.45, 7) is 4.92. The Hall–Kier alpha value is -1.39. The van der Waals surface area contributed by atoms with Gasteiger partial charge in [0.15, 0.2) is 0 Å². The number of anilines is 1. The number of aromatic nitrogens is 1. The molecule has 1 aromatic heterocycles. The van der Waals surface area contributed by atoms with Gasteiger partial charge in [-0.25, -0.2) is 0 Å². The Morgan fingerprint density at radius 2 is 1.95 bits per heavy atom. The molecule has 0 bridgehead atoms. The molecule has 0 fully saturated rings. The average Bonchev–Trinajstić information content (AvgIpc) is 2.48. The molecule has 0 aliphatic heterocycles. The number of hydrogen-bond acceptors (Lipinski definition) is 3. The van der Waals surface area contributed by atoms with Crippen molar-refractivity contribution in [1.29, 1.82) is 0 Å². The summed E-state index contributed by atoms with van der Waals surface area (Å²) in [5.74, 6) is 0. The minimum Gasteiger partial charge on any atom is -0.367 e. The fourth-order valence-electron chi connectivity index (χ4n) is 2.16. The third kappa shape index (κ3) is 3.81. The summed E-state index contributed by atoms with van der Waals surface area (Å²) in [6.07, 6.45) is 3.68. The Labute approximate surface area is 129 Å². The smallest absolute Gasteiger partial charge is 0.0430 e. The molecular weight excluding hydrogens is 314 g/mol. The molecular formula is C16H20BrN3. The Morgan fingerprint density at radius 1 is 1.20 bits per heavy atom. The van der Waals surface area contributed by atoms with Gasteiger partial charge in [0, 0.05) is 42.2 Å². The van der Waals surface area contributed by atoms with E-state index in [0.29, 0.717) is 0 Å². The number of nitrogens with zero attached hydrogens (tertiary/aromatic N) is 2. The molecule has 4 heteroatoms. The van der Waals surface area contributed by atoms with E-state index in [1.165, 1.54) is 16.8 Å². The fourth-order valence-corrected chi connectivity index (χ4v) is 2.67. The highest BCUT2D eigenvalue weighted by Crippen LogP contribution is 2.25. The van der Waals surface area contributed by atoms with E-state index in [2.05, 4.69) is 68.4 Å². The Morgan fingerprint density at radius 3 is 2.55 bits per heavy atom. The van der Waals surface area contributed by atoms with E-state index in [1.807, 2.05) is 19.4 Å². The molecule has 0 radical (unpaired) electrons. The quantitative estimate of drug-likeness (QED) is 0.875. The topological polar surface area (TPSA) is 28.2 Å². The molecule has 0 spiro atoms. The highest BCUT2D eigenvalue weighted by molar-refractivity contribution is 9.10. The molecule has 0 aliphatic rings. The van der Waals surface area contributed by atoms with Crippen LogP contribution in [0.2, 0.25) is 0 Å². The van der Waals surface area contributed by atoms with Gasteiger partial charge in [-0.3, -0.25) is 4.98 Å². The Balaban J connectivity index is 2.17. The van der Waals surface area contributed by atoms with Crippen LogP contribution in [-0.4, -0.2) is 18.6 Å². The van der Waals surface area contributed by atoms with Gasteiger partial charge in [-0.1, -0.05) is 22.0 Å². The largest absolute Gasteiger partial charge is 0.367 e. The van der Waals surface area contributed by atoms with Crippen LogP contribution in [0.3, 0.4) is 0 Å². The van der Waals surface area contributed by atoms with Gasteiger partial charge in [-0.05, 0) is 49.4 Å². The first kappa shape index (κ1) is 15.0. The van der Waals surface area contributed by atoms with Gasteiger partial charge in [-0.15, -0.1) is 0 Å². The minimum absolute atomic E-state index is 0.872. The van der Waals surface area contributed by atoms with Crippen molar-refractivity contribution in [1.82, 2.24) is 10.3 Å². The highest BCUT2D eigenvalue weighted by Gasteiger charge is 2.08. The molecule has 0 amide bonds. The SMILES string of the molecule is CCN(Cc1ccncc1)c1ccc(CNC)c(Br)c1. The molecule has 2 aromatic rings. The number of benzene rings is 1. The van der Waals surface area contributed by atoms with Crippen molar-refractivity contribution in [2.75, 3.05) is 18.5 Å². The Bertz CT molecular complexity index is 543. The fraction of sp³-hybridized carbons (Fsp3) is 0.312. The van der Waals surface area contributed by atoms with E-state index in [9.17, 15) is 0 Å². The lowest BCUT2D eigenvalue weighted by Crippen LogP contribution is -2.22. The minimum atomic E-state index is 0.872. The third-order valence-corrected chi connectivity index (χ3v) is 4.01. The van der Waals surface area contributed by atoms with Crippen LogP contribution in [0.4, 0.5) is 5.69 Å². The number of halogens is 1. The predicted molar refractivity (Wildman–Crippen MR) is 87.9 cm³/mol. The van der Waals surface area contributed by atoms with Gasteiger partial charge in [0.1, 0.15) is 0 Å². The summed E-state index contributed by atoms with van der Waals surface area (Å²) in [6, 6.07) is 10.7. The summed E-state index contributed by atoms with van der Waals surface area (Å²) in [5.41, 5.74) is 3.78. The van der Waals surface area contributed by atoms with Gasteiger partial charge in [0.05, 0.1) is 0 Å². The lowest BCUT2D eigenvalue weighted by molar-refractivity contribution is 0.808. The van der Waals surface area contributed by atoms with E-state index in [4.69, 9.17) is 0 Å². The molecule has 0 atom stereocenters. The lowest BCUT2D eigenvalue weighted by Gasteiger charge is -2.24. The van der Waals surface area contributed by atoms with Crippen molar-refractivity contribution >= 4 is 21.6 Å². The summed E-state index contributed by atoms with van der Waals surface area (Å²) in [4.78, 5) is 6.41. The third-order valence-electron chi connectivity index (χ3n) is 3.27. The van der Waals surface area contributed by atoms with Crippen LogP contribution in [0.5, 0.6) is 0 Å². The summed E-state index contributed by atoms with van der Waals surface area (Å²) < 4.78 is 1.15. The normalized spacial score (nSPS) is 10.6. The number of hydrogen-bond donors (Lipinski definition) is 1. The van der Waals surface area contributed by atoms with Crippen molar-refractivity contribution in [3.8, 4) is 0 Å². The molecule has 20 heavy (non-hydrogen) atoms. The Kier molecular flexibility index (Phi) is 5.56. The first-order valence-electron chi connectivity index (χ1n) is 6.81. The number of nitrogens with one attached hydrogen (secondary N) is 1. The molecule has 0 unspecified atom stereocenters. The maximum absolute atomic E-state index is 4.06. The molecule has 106 valence electrons. The molecule has 1 heterocycles.